The summed E-state index contributed by atoms with van der Waals surface area (Å²) in [5, 5.41) is 3.74. The van der Waals surface area contributed by atoms with Crippen molar-refractivity contribution in [3.63, 3.8) is 0 Å². The first kappa shape index (κ1) is 10.8. The van der Waals surface area contributed by atoms with Gasteiger partial charge in [-0.1, -0.05) is 0 Å². The van der Waals surface area contributed by atoms with Gasteiger partial charge in [-0.2, -0.15) is 0 Å². The van der Waals surface area contributed by atoms with Gasteiger partial charge in [0.2, 0.25) is 5.28 Å². The lowest BCUT2D eigenvalue weighted by molar-refractivity contribution is 0.197. The van der Waals surface area contributed by atoms with E-state index in [9.17, 15) is 0 Å². The Morgan fingerprint density at radius 2 is 2.53 bits per heavy atom. The van der Waals surface area contributed by atoms with E-state index < -0.39 is 0 Å². The largest absolute Gasteiger partial charge is 0.312 e. The molecule has 1 N–H and O–H groups in total. The fourth-order valence-corrected chi connectivity index (χ4v) is 2.01. The van der Waals surface area contributed by atoms with E-state index in [2.05, 4.69) is 27.1 Å². The van der Waals surface area contributed by atoms with Crippen LogP contribution in [0, 0.1) is 0 Å². The van der Waals surface area contributed by atoms with Gasteiger partial charge in [0.05, 0.1) is 5.69 Å². The highest BCUT2D eigenvalue weighted by Gasteiger charge is 2.15. The fraction of sp³-hybridized carbons (Fsp3) is 0.600. The Balaban J connectivity index is 1.96. The summed E-state index contributed by atoms with van der Waals surface area (Å²) in [6.45, 7) is 6.21. The van der Waals surface area contributed by atoms with Crippen molar-refractivity contribution < 1.29 is 0 Å². The molecule has 5 heteroatoms. The number of rotatable bonds is 2. The highest BCUT2D eigenvalue weighted by atomic mass is 35.5. The van der Waals surface area contributed by atoms with E-state index >= 15 is 0 Å². The van der Waals surface area contributed by atoms with Crippen LogP contribution in [0.2, 0.25) is 5.28 Å². The zero-order valence-electron chi connectivity index (χ0n) is 8.78. The molecule has 1 aromatic rings. The normalized spacial score (nSPS) is 22.9. The molecule has 0 bridgehead atoms. The first-order chi connectivity index (χ1) is 7.24. The van der Waals surface area contributed by atoms with E-state index in [0.29, 0.717) is 11.3 Å². The molecule has 0 amide bonds. The van der Waals surface area contributed by atoms with Gasteiger partial charge in [-0.25, -0.2) is 9.97 Å². The van der Waals surface area contributed by atoms with Crippen molar-refractivity contribution in [2.45, 2.75) is 19.5 Å². The molecule has 0 aromatic carbocycles. The van der Waals surface area contributed by atoms with Crippen LogP contribution in [0.15, 0.2) is 12.3 Å². The number of hydrogen-bond donors (Lipinski definition) is 1. The van der Waals surface area contributed by atoms with Crippen molar-refractivity contribution in [1.82, 2.24) is 20.2 Å². The fourth-order valence-electron chi connectivity index (χ4n) is 1.84. The molecular formula is C10H15ClN4. The summed E-state index contributed by atoms with van der Waals surface area (Å²) in [4.78, 5) is 10.4. The number of hydrogen-bond acceptors (Lipinski definition) is 4. The Bertz CT molecular complexity index is 331. The third kappa shape index (κ3) is 3.12. The van der Waals surface area contributed by atoms with Gasteiger partial charge < -0.3 is 5.32 Å². The molecule has 0 radical (unpaired) electrons. The van der Waals surface area contributed by atoms with E-state index in [1.165, 1.54) is 0 Å². The number of nitrogens with zero attached hydrogens (tertiary/aromatic N) is 3. The first-order valence-electron chi connectivity index (χ1n) is 5.17. The predicted molar refractivity (Wildman–Crippen MR) is 59.8 cm³/mol. The van der Waals surface area contributed by atoms with Gasteiger partial charge in [-0.05, 0) is 24.6 Å². The molecule has 1 aliphatic heterocycles. The standard InChI is InChI=1S/C10H15ClN4/c1-8-6-15(5-4-12-8)7-9-2-3-13-10(11)14-9/h2-3,8,12H,4-7H2,1H3/t8-/m1/s1. The quantitative estimate of drug-likeness (QED) is 0.762. The maximum atomic E-state index is 5.74. The minimum absolute atomic E-state index is 0.329. The van der Waals surface area contributed by atoms with Crippen LogP contribution < -0.4 is 5.32 Å². The Morgan fingerprint density at radius 1 is 1.67 bits per heavy atom. The average molecular weight is 227 g/mol. The first-order valence-corrected chi connectivity index (χ1v) is 5.55. The minimum Gasteiger partial charge on any atom is -0.312 e. The number of nitrogens with one attached hydrogen (secondary N) is 1. The van der Waals surface area contributed by atoms with E-state index in [0.717, 1.165) is 31.9 Å². The maximum Gasteiger partial charge on any atom is 0.222 e. The molecule has 0 spiro atoms. The summed E-state index contributed by atoms with van der Waals surface area (Å²) in [5.74, 6) is 0. The van der Waals surface area contributed by atoms with Gasteiger partial charge in [-0.3, -0.25) is 4.90 Å². The molecule has 0 saturated carbocycles. The van der Waals surface area contributed by atoms with Gasteiger partial charge >= 0.3 is 0 Å². The van der Waals surface area contributed by atoms with Gasteiger partial charge in [0, 0.05) is 38.4 Å². The number of piperazine rings is 1. The third-order valence-electron chi connectivity index (χ3n) is 2.52. The van der Waals surface area contributed by atoms with Crippen LogP contribution in [0.1, 0.15) is 12.6 Å². The molecule has 2 rings (SSSR count). The smallest absolute Gasteiger partial charge is 0.222 e. The Morgan fingerprint density at radius 3 is 3.27 bits per heavy atom. The van der Waals surface area contributed by atoms with Crippen LogP contribution >= 0.6 is 11.6 Å². The molecule has 2 heterocycles. The second-order valence-electron chi connectivity index (χ2n) is 3.91. The van der Waals surface area contributed by atoms with Gasteiger partial charge in [0.15, 0.2) is 0 Å². The lowest BCUT2D eigenvalue weighted by atomic mass is 10.2. The van der Waals surface area contributed by atoms with Crippen molar-refractivity contribution in [2.75, 3.05) is 19.6 Å². The molecule has 15 heavy (non-hydrogen) atoms. The summed E-state index contributed by atoms with van der Waals surface area (Å²) in [6.07, 6.45) is 1.70. The molecule has 1 aromatic heterocycles. The van der Waals surface area contributed by atoms with Crippen molar-refractivity contribution in [2.24, 2.45) is 0 Å². The summed E-state index contributed by atoms with van der Waals surface area (Å²) in [5.41, 5.74) is 0.990. The Hall–Kier alpha value is -0.710. The van der Waals surface area contributed by atoms with Gasteiger partial charge in [0.25, 0.3) is 0 Å². The average Bonchev–Trinajstić information content (AvgIpc) is 2.17. The lowest BCUT2D eigenvalue weighted by Gasteiger charge is -2.31. The van der Waals surface area contributed by atoms with Crippen molar-refractivity contribution in [3.8, 4) is 0 Å². The second-order valence-corrected chi connectivity index (χ2v) is 4.25. The summed E-state index contributed by atoms with van der Waals surface area (Å²) >= 11 is 5.74. The molecule has 0 aliphatic carbocycles. The predicted octanol–water partition coefficient (Wildman–Crippen LogP) is 0.924. The Labute approximate surface area is 94.7 Å². The van der Waals surface area contributed by atoms with E-state index in [-0.39, 0.29) is 0 Å². The molecule has 4 nitrogen and oxygen atoms in total. The zero-order chi connectivity index (χ0) is 10.7. The molecule has 1 fully saturated rings. The zero-order valence-corrected chi connectivity index (χ0v) is 9.54. The summed E-state index contributed by atoms with van der Waals surface area (Å²) < 4.78 is 0. The van der Waals surface area contributed by atoms with Gasteiger partial charge in [-0.15, -0.1) is 0 Å². The molecule has 0 unspecified atom stereocenters. The van der Waals surface area contributed by atoms with Crippen molar-refractivity contribution in [1.29, 1.82) is 0 Å². The molecule has 1 aliphatic rings. The van der Waals surface area contributed by atoms with Crippen molar-refractivity contribution >= 4 is 11.6 Å². The SMILES string of the molecule is C[C@@H]1CN(Cc2ccnc(Cl)n2)CCN1. The number of halogens is 1. The van der Waals surface area contributed by atoms with Crippen LogP contribution in [0.5, 0.6) is 0 Å². The lowest BCUT2D eigenvalue weighted by Crippen LogP contribution is -2.48. The van der Waals surface area contributed by atoms with Crippen LogP contribution in [0.4, 0.5) is 0 Å². The second kappa shape index (κ2) is 4.88. The maximum absolute atomic E-state index is 5.74. The van der Waals surface area contributed by atoms with Crippen LogP contribution in [-0.2, 0) is 6.54 Å². The topological polar surface area (TPSA) is 41.1 Å². The molecule has 82 valence electrons. The van der Waals surface area contributed by atoms with Crippen LogP contribution in [0.25, 0.3) is 0 Å². The van der Waals surface area contributed by atoms with E-state index in [4.69, 9.17) is 11.6 Å². The summed E-state index contributed by atoms with van der Waals surface area (Å²) in [7, 11) is 0. The Kier molecular flexibility index (Phi) is 3.51. The van der Waals surface area contributed by atoms with Crippen molar-refractivity contribution in [3.05, 3.63) is 23.2 Å². The van der Waals surface area contributed by atoms with Gasteiger partial charge in [0.1, 0.15) is 0 Å². The van der Waals surface area contributed by atoms with Crippen LogP contribution in [0.3, 0.4) is 0 Å². The summed E-state index contributed by atoms with van der Waals surface area (Å²) in [6, 6.07) is 2.47. The van der Waals surface area contributed by atoms with E-state index in [1.807, 2.05) is 6.07 Å². The number of aromatic nitrogens is 2. The van der Waals surface area contributed by atoms with E-state index in [1.54, 1.807) is 6.20 Å². The molecular weight excluding hydrogens is 212 g/mol. The molecule has 1 atom stereocenters. The molecule has 1 saturated heterocycles. The monoisotopic (exact) mass is 226 g/mol. The highest BCUT2D eigenvalue weighted by Crippen LogP contribution is 2.07. The highest BCUT2D eigenvalue weighted by molar-refractivity contribution is 6.28. The third-order valence-corrected chi connectivity index (χ3v) is 2.70. The van der Waals surface area contributed by atoms with Crippen LogP contribution in [-0.4, -0.2) is 40.5 Å². The minimum atomic E-state index is 0.329.